The minimum atomic E-state index is 0.285. The third-order valence-electron chi connectivity index (χ3n) is 6.21. The zero-order valence-corrected chi connectivity index (χ0v) is 14.6. The van der Waals surface area contributed by atoms with E-state index in [4.69, 9.17) is 4.74 Å². The minimum Gasteiger partial charge on any atom is -0.379 e. The fraction of sp³-hybridized carbons (Fsp3) is 0.947. The maximum atomic E-state index is 12.6. The number of amides is 1. The van der Waals surface area contributed by atoms with E-state index in [-0.39, 0.29) is 6.10 Å². The van der Waals surface area contributed by atoms with E-state index in [1.807, 2.05) is 11.9 Å². The van der Waals surface area contributed by atoms with E-state index >= 15 is 0 Å². The van der Waals surface area contributed by atoms with E-state index in [1.54, 1.807) is 0 Å². The summed E-state index contributed by atoms with van der Waals surface area (Å²) in [5.74, 6) is 3.17. The first-order valence-electron chi connectivity index (χ1n) is 9.31. The Kier molecular flexibility index (Phi) is 4.82. The Labute approximate surface area is 135 Å². The smallest absolute Gasteiger partial charge is 0.222 e. The summed E-state index contributed by atoms with van der Waals surface area (Å²) in [6.07, 6.45) is 10.4. The van der Waals surface area contributed by atoms with Crippen LogP contribution in [0.15, 0.2) is 0 Å². The van der Waals surface area contributed by atoms with E-state index in [0.29, 0.717) is 11.3 Å². The quantitative estimate of drug-likeness (QED) is 0.668. The summed E-state index contributed by atoms with van der Waals surface area (Å²) in [7, 11) is 1.97. The molecule has 0 saturated heterocycles. The molecule has 3 nitrogen and oxygen atoms in total. The molecular weight excluding hydrogens is 274 g/mol. The highest BCUT2D eigenvalue weighted by molar-refractivity contribution is 5.76. The van der Waals surface area contributed by atoms with Crippen molar-refractivity contribution in [2.45, 2.75) is 71.3 Å². The largest absolute Gasteiger partial charge is 0.379 e. The molecule has 0 unspecified atom stereocenters. The number of carbonyl (C=O) groups is 1. The van der Waals surface area contributed by atoms with Crippen LogP contribution >= 0.6 is 0 Å². The molecular formula is C19H33NO2. The number of rotatable bonds is 7. The lowest BCUT2D eigenvalue weighted by atomic mass is 9.49. The van der Waals surface area contributed by atoms with Crippen LogP contribution in [-0.2, 0) is 9.53 Å². The average Bonchev–Trinajstić information content (AvgIpc) is 2.41. The molecule has 0 aromatic heterocycles. The molecule has 0 atom stereocenters. The second-order valence-electron chi connectivity index (χ2n) is 8.68. The third-order valence-corrected chi connectivity index (χ3v) is 6.21. The molecule has 0 spiro atoms. The van der Waals surface area contributed by atoms with Crippen LogP contribution in [0, 0.1) is 23.2 Å². The Morgan fingerprint density at radius 3 is 2.18 bits per heavy atom. The Morgan fingerprint density at radius 1 is 1.14 bits per heavy atom. The summed E-state index contributed by atoms with van der Waals surface area (Å²) < 4.78 is 5.57. The highest BCUT2D eigenvalue weighted by Crippen LogP contribution is 2.61. The predicted molar refractivity (Wildman–Crippen MR) is 88.6 cm³/mol. The van der Waals surface area contributed by atoms with Gasteiger partial charge in [-0.25, -0.2) is 0 Å². The van der Waals surface area contributed by atoms with Crippen LogP contribution < -0.4 is 0 Å². The maximum absolute atomic E-state index is 12.6. The standard InChI is InChI=1S/C19H33NO2/c1-14(2)22-6-4-5-20(3)18(21)13-19-10-15-7-16(11-19)9-17(8-15)12-19/h14-17H,4-13H2,1-3H3. The van der Waals surface area contributed by atoms with Crippen molar-refractivity contribution in [1.29, 1.82) is 0 Å². The van der Waals surface area contributed by atoms with Crippen LogP contribution in [0.4, 0.5) is 0 Å². The van der Waals surface area contributed by atoms with Gasteiger partial charge in [0, 0.05) is 26.6 Å². The molecule has 1 amide bonds. The SMILES string of the molecule is CC(C)OCCCN(C)C(=O)CC12CC3CC(CC(C3)C1)C2. The van der Waals surface area contributed by atoms with Crippen molar-refractivity contribution in [3.8, 4) is 0 Å². The Bertz CT molecular complexity index is 369. The fourth-order valence-corrected chi connectivity index (χ4v) is 5.71. The fourth-order valence-electron chi connectivity index (χ4n) is 5.71. The molecule has 0 aliphatic heterocycles. The van der Waals surface area contributed by atoms with Crippen LogP contribution in [0.25, 0.3) is 0 Å². The monoisotopic (exact) mass is 307 g/mol. The van der Waals surface area contributed by atoms with Gasteiger partial charge in [-0.3, -0.25) is 4.79 Å². The Morgan fingerprint density at radius 2 is 1.68 bits per heavy atom. The van der Waals surface area contributed by atoms with E-state index in [9.17, 15) is 4.79 Å². The summed E-state index contributed by atoms with van der Waals surface area (Å²) in [6, 6.07) is 0. The molecule has 126 valence electrons. The zero-order valence-electron chi connectivity index (χ0n) is 14.6. The van der Waals surface area contributed by atoms with Gasteiger partial charge < -0.3 is 9.64 Å². The van der Waals surface area contributed by atoms with Crippen molar-refractivity contribution in [3.05, 3.63) is 0 Å². The molecule has 4 aliphatic rings. The molecule has 0 heterocycles. The average molecular weight is 307 g/mol. The first kappa shape index (κ1) is 16.3. The van der Waals surface area contributed by atoms with Gasteiger partial charge in [0.25, 0.3) is 0 Å². The third kappa shape index (κ3) is 3.67. The number of carbonyl (C=O) groups excluding carboxylic acids is 1. The molecule has 0 radical (unpaired) electrons. The van der Waals surface area contributed by atoms with E-state index < -0.39 is 0 Å². The van der Waals surface area contributed by atoms with Crippen molar-refractivity contribution in [2.75, 3.05) is 20.2 Å². The van der Waals surface area contributed by atoms with Gasteiger partial charge in [0.15, 0.2) is 0 Å². The molecule has 0 aromatic carbocycles. The summed E-state index contributed by atoms with van der Waals surface area (Å²) in [5, 5.41) is 0. The van der Waals surface area contributed by atoms with Crippen LogP contribution in [0.1, 0.15) is 65.2 Å². The lowest BCUT2D eigenvalue weighted by molar-refractivity contribution is -0.138. The second kappa shape index (κ2) is 6.51. The van der Waals surface area contributed by atoms with Gasteiger partial charge in [0.05, 0.1) is 6.10 Å². The van der Waals surface area contributed by atoms with Gasteiger partial charge in [-0.05, 0) is 82.0 Å². The normalized spacial score (nSPS) is 36.1. The first-order valence-corrected chi connectivity index (χ1v) is 9.31. The highest BCUT2D eigenvalue weighted by Gasteiger charge is 2.51. The van der Waals surface area contributed by atoms with Crippen molar-refractivity contribution in [2.24, 2.45) is 23.2 Å². The van der Waals surface area contributed by atoms with Crippen LogP contribution in [0.2, 0.25) is 0 Å². The van der Waals surface area contributed by atoms with Crippen molar-refractivity contribution >= 4 is 5.91 Å². The number of ether oxygens (including phenoxy) is 1. The van der Waals surface area contributed by atoms with Gasteiger partial charge in [-0.1, -0.05) is 0 Å². The molecule has 4 rings (SSSR count). The van der Waals surface area contributed by atoms with Gasteiger partial charge in [0.1, 0.15) is 0 Å². The molecule has 3 heteroatoms. The zero-order chi connectivity index (χ0) is 15.7. The molecule has 4 saturated carbocycles. The molecule has 4 aliphatic carbocycles. The van der Waals surface area contributed by atoms with Crippen LogP contribution in [0.3, 0.4) is 0 Å². The summed E-state index contributed by atoms with van der Waals surface area (Å²) in [4.78, 5) is 14.6. The number of hydrogen-bond acceptors (Lipinski definition) is 2. The van der Waals surface area contributed by atoms with Crippen molar-refractivity contribution in [3.63, 3.8) is 0 Å². The molecule has 0 N–H and O–H groups in total. The van der Waals surface area contributed by atoms with Gasteiger partial charge >= 0.3 is 0 Å². The summed E-state index contributed by atoms with van der Waals surface area (Å²) in [5.41, 5.74) is 0.370. The minimum absolute atomic E-state index is 0.285. The molecule has 22 heavy (non-hydrogen) atoms. The van der Waals surface area contributed by atoms with Gasteiger partial charge in [-0.2, -0.15) is 0 Å². The highest BCUT2D eigenvalue weighted by atomic mass is 16.5. The number of hydrogen-bond donors (Lipinski definition) is 0. The van der Waals surface area contributed by atoms with E-state index in [1.165, 1.54) is 38.5 Å². The van der Waals surface area contributed by atoms with Gasteiger partial charge in [-0.15, -0.1) is 0 Å². The molecule has 0 aromatic rings. The first-order chi connectivity index (χ1) is 10.5. The van der Waals surface area contributed by atoms with Crippen molar-refractivity contribution in [1.82, 2.24) is 4.90 Å². The van der Waals surface area contributed by atoms with Crippen LogP contribution in [-0.4, -0.2) is 37.1 Å². The molecule has 4 bridgehead atoms. The lowest BCUT2D eigenvalue weighted by Gasteiger charge is -2.56. The topological polar surface area (TPSA) is 29.5 Å². The summed E-state index contributed by atoms with van der Waals surface area (Å²) >= 11 is 0. The summed E-state index contributed by atoms with van der Waals surface area (Å²) in [6.45, 7) is 5.70. The van der Waals surface area contributed by atoms with Crippen LogP contribution in [0.5, 0.6) is 0 Å². The second-order valence-corrected chi connectivity index (χ2v) is 8.68. The predicted octanol–water partition coefficient (Wildman–Crippen LogP) is 3.87. The lowest BCUT2D eigenvalue weighted by Crippen LogP contribution is -2.48. The maximum Gasteiger partial charge on any atom is 0.222 e. The van der Waals surface area contributed by atoms with E-state index in [0.717, 1.165) is 43.7 Å². The molecule has 4 fully saturated rings. The Hall–Kier alpha value is -0.570. The van der Waals surface area contributed by atoms with E-state index in [2.05, 4.69) is 13.8 Å². The van der Waals surface area contributed by atoms with Crippen molar-refractivity contribution < 1.29 is 9.53 Å². The Balaban J connectivity index is 1.47. The number of nitrogens with zero attached hydrogens (tertiary/aromatic N) is 1. The van der Waals surface area contributed by atoms with Gasteiger partial charge in [0.2, 0.25) is 5.91 Å².